The predicted octanol–water partition coefficient (Wildman–Crippen LogP) is -4.01. The van der Waals surface area contributed by atoms with Crippen molar-refractivity contribution in [3.63, 3.8) is 0 Å². The molecule has 1 fully saturated rings. The van der Waals surface area contributed by atoms with Crippen LogP contribution in [0.4, 0.5) is 0 Å². The molecule has 7 unspecified atom stereocenters. The van der Waals surface area contributed by atoms with Crippen molar-refractivity contribution in [2.24, 2.45) is 5.92 Å². The normalized spacial score (nSPS) is 32.2. The molecule has 7 atom stereocenters. The number of nitrogens with one attached hydrogen (secondary N) is 2. The van der Waals surface area contributed by atoms with E-state index in [1.54, 1.807) is 0 Å². The number of aliphatic hydroxyl groups excluding tert-OH is 4. The van der Waals surface area contributed by atoms with Crippen molar-refractivity contribution in [3.05, 3.63) is 0 Å². The second kappa shape index (κ2) is 9.35. The fraction of sp³-hybridized carbons (Fsp3) is 0.800. The van der Waals surface area contributed by atoms with E-state index >= 15 is 0 Å². The maximum atomic E-state index is 12.2. The molecule has 0 aromatic rings. The van der Waals surface area contributed by atoms with Crippen LogP contribution in [-0.2, 0) is 19.1 Å². The molecule has 1 rings (SSSR count). The lowest BCUT2D eigenvalue weighted by molar-refractivity contribution is -0.287. The second-order valence-corrected chi connectivity index (χ2v) is 6.43. The van der Waals surface area contributed by atoms with Crippen molar-refractivity contribution in [2.45, 2.75) is 56.5 Å². The molecule has 7 N–H and O–H groups in total. The predicted molar refractivity (Wildman–Crippen MR) is 85.4 cm³/mol. The van der Waals surface area contributed by atoms with E-state index in [1.807, 2.05) is 0 Å². The van der Waals surface area contributed by atoms with E-state index in [4.69, 9.17) is 9.84 Å². The average molecular weight is 378 g/mol. The van der Waals surface area contributed by atoms with Gasteiger partial charge in [0.2, 0.25) is 11.7 Å². The summed E-state index contributed by atoms with van der Waals surface area (Å²) in [7, 11) is 0. The first-order valence-corrected chi connectivity index (χ1v) is 8.11. The van der Waals surface area contributed by atoms with Crippen LogP contribution >= 0.6 is 0 Å². The molecule has 26 heavy (non-hydrogen) atoms. The Hall–Kier alpha value is -1.63. The Balaban J connectivity index is 3.02. The molecule has 11 heteroatoms. The Kier molecular flexibility index (Phi) is 8.06. The highest BCUT2D eigenvalue weighted by Crippen LogP contribution is 2.30. The molecule has 1 saturated heterocycles. The van der Waals surface area contributed by atoms with Crippen molar-refractivity contribution in [1.29, 1.82) is 0 Å². The maximum absolute atomic E-state index is 12.2. The van der Waals surface area contributed by atoms with Crippen LogP contribution in [0.25, 0.3) is 0 Å². The number of carbonyl (C=O) groups is 3. The summed E-state index contributed by atoms with van der Waals surface area (Å²) >= 11 is 0. The first-order valence-electron chi connectivity index (χ1n) is 8.11. The third-order valence-corrected chi connectivity index (χ3v) is 4.04. The van der Waals surface area contributed by atoms with Gasteiger partial charge in [-0.15, -0.1) is 0 Å². The van der Waals surface area contributed by atoms with Crippen LogP contribution in [-0.4, -0.2) is 93.0 Å². The molecule has 11 nitrogen and oxygen atoms in total. The monoisotopic (exact) mass is 378 g/mol. The van der Waals surface area contributed by atoms with Gasteiger partial charge in [0.05, 0.1) is 18.8 Å². The topological polar surface area (TPSA) is 186 Å². The van der Waals surface area contributed by atoms with Gasteiger partial charge in [0.25, 0.3) is 5.91 Å². The summed E-state index contributed by atoms with van der Waals surface area (Å²) in [5.74, 6) is -4.73. The summed E-state index contributed by atoms with van der Waals surface area (Å²) in [5, 5.41) is 54.1. The third kappa shape index (κ3) is 5.43. The minimum absolute atomic E-state index is 0.0916. The van der Waals surface area contributed by atoms with Crippen molar-refractivity contribution in [2.75, 3.05) is 13.2 Å². The highest BCUT2D eigenvalue weighted by molar-refractivity contribution is 5.84. The van der Waals surface area contributed by atoms with Crippen LogP contribution in [0.2, 0.25) is 0 Å². The molecule has 0 aliphatic carbocycles. The van der Waals surface area contributed by atoms with Gasteiger partial charge in [0.1, 0.15) is 24.6 Å². The largest absolute Gasteiger partial charge is 0.394 e. The molecule has 1 aliphatic rings. The fourth-order valence-electron chi connectivity index (χ4n) is 2.58. The van der Waals surface area contributed by atoms with Gasteiger partial charge in [-0.1, -0.05) is 6.92 Å². The highest BCUT2D eigenvalue weighted by Gasteiger charge is 2.53. The fourth-order valence-corrected chi connectivity index (χ4v) is 2.58. The van der Waals surface area contributed by atoms with Gasteiger partial charge >= 0.3 is 0 Å². The lowest BCUT2D eigenvalue weighted by Crippen LogP contribution is -2.68. The molecule has 1 heterocycles. The molecule has 1 aliphatic heterocycles. The molecular weight excluding hydrogens is 352 g/mol. The SMILES string of the molecule is CC(=O)NC1C(O)CC(O)(C(=O)NCC(C)C=O)OC1C(O)C(O)CO. The van der Waals surface area contributed by atoms with Gasteiger partial charge < -0.3 is 45.7 Å². The number of hydrogen-bond donors (Lipinski definition) is 7. The quantitative estimate of drug-likeness (QED) is 0.207. The third-order valence-electron chi connectivity index (χ3n) is 4.04. The van der Waals surface area contributed by atoms with Gasteiger partial charge in [-0.2, -0.15) is 0 Å². The van der Waals surface area contributed by atoms with E-state index in [0.29, 0.717) is 6.29 Å². The summed E-state index contributed by atoms with van der Waals surface area (Å²) in [6, 6.07) is -1.24. The number of ether oxygens (including phenoxy) is 1. The molecule has 0 saturated carbocycles. The lowest BCUT2D eigenvalue weighted by Gasteiger charge is -2.45. The molecular formula is C15H26N2O9. The van der Waals surface area contributed by atoms with E-state index < -0.39 is 67.0 Å². The van der Waals surface area contributed by atoms with Crippen LogP contribution in [0.15, 0.2) is 0 Å². The summed E-state index contributed by atoms with van der Waals surface area (Å²) in [6.45, 7) is 1.73. The molecule has 2 amide bonds. The van der Waals surface area contributed by atoms with Gasteiger partial charge in [-0.25, -0.2) is 0 Å². The molecule has 0 radical (unpaired) electrons. The molecule has 0 bridgehead atoms. The number of aldehydes is 1. The summed E-state index contributed by atoms with van der Waals surface area (Å²) in [4.78, 5) is 34.2. The Morgan fingerprint density at radius 1 is 1.38 bits per heavy atom. The van der Waals surface area contributed by atoms with E-state index in [-0.39, 0.29) is 6.54 Å². The standard InChI is InChI=1S/C15H26N2O9/c1-7(5-18)4-16-14(24)15(25)3-9(21)11(17-8(2)20)13(26-15)12(23)10(22)6-19/h5,7,9-13,19,21-23,25H,3-4,6H2,1-2H3,(H,16,24)(H,17,20). The summed E-state index contributed by atoms with van der Waals surface area (Å²) < 4.78 is 5.23. The van der Waals surface area contributed by atoms with Gasteiger partial charge in [0, 0.05) is 25.8 Å². The average Bonchev–Trinajstić information content (AvgIpc) is 2.59. The van der Waals surface area contributed by atoms with E-state index in [9.17, 15) is 34.8 Å². The van der Waals surface area contributed by atoms with Crippen molar-refractivity contribution in [3.8, 4) is 0 Å². The smallest absolute Gasteiger partial charge is 0.280 e. The van der Waals surface area contributed by atoms with Crippen LogP contribution < -0.4 is 10.6 Å². The number of carbonyl (C=O) groups excluding carboxylic acids is 3. The Morgan fingerprint density at radius 2 is 2.00 bits per heavy atom. The zero-order chi connectivity index (χ0) is 20.1. The van der Waals surface area contributed by atoms with Crippen molar-refractivity contribution >= 4 is 18.1 Å². The zero-order valence-corrected chi connectivity index (χ0v) is 14.5. The second-order valence-electron chi connectivity index (χ2n) is 6.43. The lowest BCUT2D eigenvalue weighted by atomic mass is 9.88. The van der Waals surface area contributed by atoms with E-state index in [0.717, 1.165) is 6.92 Å². The minimum Gasteiger partial charge on any atom is -0.394 e. The van der Waals surface area contributed by atoms with Crippen molar-refractivity contribution < 1.29 is 44.7 Å². The highest BCUT2D eigenvalue weighted by atomic mass is 16.6. The van der Waals surface area contributed by atoms with Crippen LogP contribution in [0.5, 0.6) is 0 Å². The Bertz CT molecular complexity index is 517. The molecule has 0 aromatic heterocycles. The van der Waals surface area contributed by atoms with Crippen LogP contribution in [0.1, 0.15) is 20.3 Å². The van der Waals surface area contributed by atoms with Crippen molar-refractivity contribution in [1.82, 2.24) is 10.6 Å². The first kappa shape index (κ1) is 22.4. The maximum Gasteiger partial charge on any atom is 0.280 e. The van der Waals surface area contributed by atoms with Gasteiger partial charge in [-0.3, -0.25) is 9.59 Å². The van der Waals surface area contributed by atoms with Gasteiger partial charge in [0.15, 0.2) is 0 Å². The minimum atomic E-state index is -2.57. The molecule has 0 aromatic carbocycles. The number of aliphatic hydroxyl groups is 5. The summed E-state index contributed by atoms with van der Waals surface area (Å²) in [5.41, 5.74) is 0. The molecule has 0 spiro atoms. The molecule has 150 valence electrons. The number of hydrogen-bond acceptors (Lipinski definition) is 9. The van der Waals surface area contributed by atoms with Gasteiger partial charge in [-0.05, 0) is 0 Å². The zero-order valence-electron chi connectivity index (χ0n) is 14.5. The van der Waals surface area contributed by atoms with Crippen LogP contribution in [0.3, 0.4) is 0 Å². The number of rotatable bonds is 8. The van der Waals surface area contributed by atoms with Crippen LogP contribution in [0, 0.1) is 5.92 Å². The summed E-state index contributed by atoms with van der Waals surface area (Å²) in [6.07, 6.45) is -6.65. The van der Waals surface area contributed by atoms with E-state index in [1.165, 1.54) is 6.92 Å². The first-order chi connectivity index (χ1) is 12.1. The Morgan fingerprint density at radius 3 is 2.50 bits per heavy atom. The van der Waals surface area contributed by atoms with E-state index in [2.05, 4.69) is 10.6 Å². The number of amides is 2. The Labute approximate surface area is 150 Å².